The lowest BCUT2D eigenvalue weighted by Gasteiger charge is -2.29. The highest BCUT2D eigenvalue weighted by molar-refractivity contribution is 7.89. The molecule has 17 heavy (non-hydrogen) atoms. The molecular formula is C12H22N2O2S. The predicted octanol–water partition coefficient (Wildman–Crippen LogP) is 1.11. The molecule has 0 aromatic rings. The lowest BCUT2D eigenvalue weighted by molar-refractivity contribution is 0.398. The van der Waals surface area contributed by atoms with Gasteiger partial charge in [-0.15, -0.1) is 0 Å². The van der Waals surface area contributed by atoms with Crippen LogP contribution in [0.15, 0.2) is 11.6 Å². The topological polar surface area (TPSA) is 49.4 Å². The van der Waals surface area contributed by atoms with Gasteiger partial charge in [-0.25, -0.2) is 8.42 Å². The molecule has 1 saturated heterocycles. The van der Waals surface area contributed by atoms with Crippen molar-refractivity contribution >= 4 is 10.0 Å². The molecule has 0 radical (unpaired) electrons. The number of piperidine rings is 1. The molecule has 98 valence electrons. The highest BCUT2D eigenvalue weighted by atomic mass is 32.2. The van der Waals surface area contributed by atoms with Crippen LogP contribution in [0.3, 0.4) is 0 Å². The SMILES string of the molecule is CC1=CCN(S(=O)(=O)CC2CCCCN2)CC1. The average molecular weight is 258 g/mol. The van der Waals surface area contributed by atoms with Crippen molar-refractivity contribution in [2.24, 2.45) is 0 Å². The van der Waals surface area contributed by atoms with Crippen LogP contribution in [0.4, 0.5) is 0 Å². The summed E-state index contributed by atoms with van der Waals surface area (Å²) in [7, 11) is -3.08. The molecule has 4 nitrogen and oxygen atoms in total. The Morgan fingerprint density at radius 3 is 2.88 bits per heavy atom. The fourth-order valence-electron chi connectivity index (χ4n) is 2.43. The van der Waals surface area contributed by atoms with Crippen molar-refractivity contribution < 1.29 is 8.42 Å². The molecule has 2 rings (SSSR count). The highest BCUT2D eigenvalue weighted by Gasteiger charge is 2.27. The van der Waals surface area contributed by atoms with Crippen LogP contribution in [-0.4, -0.2) is 44.2 Å². The maximum absolute atomic E-state index is 12.2. The number of hydrogen-bond donors (Lipinski definition) is 1. The maximum Gasteiger partial charge on any atom is 0.215 e. The third kappa shape index (κ3) is 3.53. The summed E-state index contributed by atoms with van der Waals surface area (Å²) >= 11 is 0. The third-order valence-corrected chi connectivity index (χ3v) is 5.56. The zero-order chi connectivity index (χ0) is 12.3. The van der Waals surface area contributed by atoms with Crippen LogP contribution >= 0.6 is 0 Å². The van der Waals surface area contributed by atoms with Gasteiger partial charge in [-0.3, -0.25) is 0 Å². The van der Waals surface area contributed by atoms with Gasteiger partial charge in [0.05, 0.1) is 5.75 Å². The van der Waals surface area contributed by atoms with Gasteiger partial charge in [0, 0.05) is 19.1 Å². The molecule has 0 spiro atoms. The van der Waals surface area contributed by atoms with Gasteiger partial charge in [0.25, 0.3) is 0 Å². The number of hydrogen-bond acceptors (Lipinski definition) is 3. The summed E-state index contributed by atoms with van der Waals surface area (Å²) in [4.78, 5) is 0. The first-order chi connectivity index (χ1) is 8.08. The second kappa shape index (κ2) is 5.50. The van der Waals surface area contributed by atoms with E-state index in [1.54, 1.807) is 4.31 Å². The Balaban J connectivity index is 1.94. The quantitative estimate of drug-likeness (QED) is 0.772. The maximum atomic E-state index is 12.2. The summed E-state index contributed by atoms with van der Waals surface area (Å²) in [6, 6.07) is 0.153. The number of nitrogens with one attached hydrogen (secondary N) is 1. The summed E-state index contributed by atoms with van der Waals surface area (Å²) in [6.07, 6.45) is 6.20. The molecule has 0 amide bonds. The molecule has 2 aliphatic rings. The summed E-state index contributed by atoms with van der Waals surface area (Å²) in [5.74, 6) is 0.264. The van der Waals surface area contributed by atoms with E-state index >= 15 is 0 Å². The molecule has 0 bridgehead atoms. The van der Waals surface area contributed by atoms with Gasteiger partial charge in [-0.1, -0.05) is 18.1 Å². The Morgan fingerprint density at radius 2 is 2.29 bits per heavy atom. The highest BCUT2D eigenvalue weighted by Crippen LogP contribution is 2.16. The third-order valence-electron chi connectivity index (χ3n) is 3.62. The van der Waals surface area contributed by atoms with Crippen LogP contribution in [0.1, 0.15) is 32.6 Å². The summed E-state index contributed by atoms with van der Waals surface area (Å²) < 4.78 is 26.1. The lowest BCUT2D eigenvalue weighted by Crippen LogP contribution is -2.45. The predicted molar refractivity (Wildman–Crippen MR) is 69.4 cm³/mol. The van der Waals surface area contributed by atoms with E-state index < -0.39 is 10.0 Å². The summed E-state index contributed by atoms with van der Waals surface area (Å²) in [5.41, 5.74) is 1.30. The second-order valence-electron chi connectivity index (χ2n) is 5.08. The van der Waals surface area contributed by atoms with Gasteiger partial charge >= 0.3 is 0 Å². The summed E-state index contributed by atoms with van der Waals surface area (Å²) in [6.45, 7) is 4.23. The molecule has 0 aliphatic carbocycles. The van der Waals surface area contributed by atoms with Crippen molar-refractivity contribution in [3.63, 3.8) is 0 Å². The molecule has 0 aromatic heterocycles. The number of rotatable bonds is 3. The van der Waals surface area contributed by atoms with Crippen molar-refractivity contribution in [3.05, 3.63) is 11.6 Å². The Morgan fingerprint density at radius 1 is 1.47 bits per heavy atom. The van der Waals surface area contributed by atoms with Gasteiger partial charge in [-0.2, -0.15) is 4.31 Å². The van der Waals surface area contributed by atoms with Gasteiger partial charge < -0.3 is 5.32 Å². The smallest absolute Gasteiger partial charge is 0.215 e. The Kier molecular flexibility index (Phi) is 4.22. The molecule has 2 aliphatic heterocycles. The Bertz CT molecular complexity index is 383. The van der Waals surface area contributed by atoms with Gasteiger partial charge in [0.1, 0.15) is 0 Å². The minimum atomic E-state index is -3.08. The minimum Gasteiger partial charge on any atom is -0.313 e. The molecular weight excluding hydrogens is 236 g/mol. The largest absolute Gasteiger partial charge is 0.313 e. The van der Waals surface area contributed by atoms with E-state index in [0.29, 0.717) is 13.1 Å². The minimum absolute atomic E-state index is 0.153. The van der Waals surface area contributed by atoms with E-state index in [1.165, 1.54) is 12.0 Å². The molecule has 1 atom stereocenters. The fourth-order valence-corrected chi connectivity index (χ4v) is 4.11. The first-order valence-corrected chi connectivity index (χ1v) is 8.06. The van der Waals surface area contributed by atoms with Crippen molar-refractivity contribution in [2.75, 3.05) is 25.4 Å². The summed E-state index contributed by atoms with van der Waals surface area (Å²) in [5, 5.41) is 3.30. The van der Waals surface area contributed by atoms with Crippen molar-refractivity contribution in [2.45, 2.75) is 38.6 Å². The van der Waals surface area contributed by atoms with E-state index in [-0.39, 0.29) is 11.8 Å². The van der Waals surface area contributed by atoms with Crippen LogP contribution in [0, 0.1) is 0 Å². The van der Waals surface area contributed by atoms with Crippen LogP contribution < -0.4 is 5.32 Å². The molecule has 1 fully saturated rings. The normalized spacial score (nSPS) is 27.8. The van der Waals surface area contributed by atoms with Gasteiger partial charge in [-0.05, 0) is 32.7 Å². The van der Waals surface area contributed by atoms with Crippen LogP contribution in [-0.2, 0) is 10.0 Å². The molecule has 0 saturated carbocycles. The zero-order valence-corrected chi connectivity index (χ0v) is 11.3. The monoisotopic (exact) mass is 258 g/mol. The van der Waals surface area contributed by atoms with Crippen LogP contribution in [0.5, 0.6) is 0 Å². The van der Waals surface area contributed by atoms with E-state index in [2.05, 4.69) is 12.2 Å². The van der Waals surface area contributed by atoms with Gasteiger partial charge in [0.15, 0.2) is 0 Å². The van der Waals surface area contributed by atoms with E-state index in [9.17, 15) is 8.42 Å². The van der Waals surface area contributed by atoms with Crippen LogP contribution in [0.25, 0.3) is 0 Å². The number of sulfonamides is 1. The number of nitrogens with zero attached hydrogens (tertiary/aromatic N) is 1. The molecule has 1 unspecified atom stereocenters. The molecule has 2 heterocycles. The van der Waals surface area contributed by atoms with Crippen molar-refractivity contribution in [1.82, 2.24) is 9.62 Å². The fraction of sp³-hybridized carbons (Fsp3) is 0.833. The van der Waals surface area contributed by atoms with E-state index in [0.717, 1.165) is 25.8 Å². The van der Waals surface area contributed by atoms with Gasteiger partial charge in [0.2, 0.25) is 10.0 Å². The molecule has 1 N–H and O–H groups in total. The lowest BCUT2D eigenvalue weighted by atomic mass is 10.1. The van der Waals surface area contributed by atoms with Crippen LogP contribution in [0.2, 0.25) is 0 Å². The standard InChI is InChI=1S/C12H22N2O2S/c1-11-5-8-14(9-6-11)17(15,16)10-12-4-2-3-7-13-12/h5,12-13H,2-4,6-10H2,1H3. The van der Waals surface area contributed by atoms with E-state index in [1.807, 2.05) is 6.08 Å². The van der Waals surface area contributed by atoms with E-state index in [4.69, 9.17) is 0 Å². The Labute approximate surface area is 104 Å². The second-order valence-corrected chi connectivity index (χ2v) is 7.10. The van der Waals surface area contributed by atoms with Crippen molar-refractivity contribution in [1.29, 1.82) is 0 Å². The molecule has 0 aromatic carbocycles. The average Bonchev–Trinajstić information content (AvgIpc) is 2.30. The first kappa shape index (κ1) is 13.1. The zero-order valence-electron chi connectivity index (χ0n) is 10.5. The Hall–Kier alpha value is -0.390. The van der Waals surface area contributed by atoms with Crippen molar-refractivity contribution in [3.8, 4) is 0 Å². The molecule has 5 heteroatoms. The first-order valence-electron chi connectivity index (χ1n) is 6.45.